The SMILES string of the molecule is N#Cc1c(Br)cccc1N=C=O. The van der Waals surface area contributed by atoms with E-state index in [2.05, 4.69) is 20.9 Å². The summed E-state index contributed by atoms with van der Waals surface area (Å²) in [5.74, 6) is 0. The van der Waals surface area contributed by atoms with Crippen molar-refractivity contribution in [1.82, 2.24) is 0 Å². The van der Waals surface area contributed by atoms with Gasteiger partial charge in [-0.2, -0.15) is 10.3 Å². The predicted molar refractivity (Wildman–Crippen MR) is 46.6 cm³/mol. The molecule has 4 heteroatoms. The Morgan fingerprint density at radius 1 is 1.50 bits per heavy atom. The van der Waals surface area contributed by atoms with Crippen LogP contribution in [0.25, 0.3) is 0 Å². The van der Waals surface area contributed by atoms with Gasteiger partial charge in [0.1, 0.15) is 6.07 Å². The molecule has 0 unspecified atom stereocenters. The molecule has 0 spiro atoms. The first-order valence-corrected chi connectivity index (χ1v) is 3.85. The van der Waals surface area contributed by atoms with E-state index >= 15 is 0 Å². The van der Waals surface area contributed by atoms with E-state index in [4.69, 9.17) is 5.26 Å². The highest BCUT2D eigenvalue weighted by Gasteiger charge is 2.03. The van der Waals surface area contributed by atoms with Crippen LogP contribution >= 0.6 is 15.9 Å². The van der Waals surface area contributed by atoms with Crippen LogP contribution in [0.3, 0.4) is 0 Å². The maximum Gasteiger partial charge on any atom is 0.240 e. The number of hydrogen-bond donors (Lipinski definition) is 0. The monoisotopic (exact) mass is 222 g/mol. The van der Waals surface area contributed by atoms with E-state index in [0.29, 0.717) is 15.7 Å². The quantitative estimate of drug-likeness (QED) is 0.541. The third kappa shape index (κ3) is 1.59. The van der Waals surface area contributed by atoms with Crippen molar-refractivity contribution >= 4 is 27.7 Å². The van der Waals surface area contributed by atoms with E-state index in [-0.39, 0.29) is 0 Å². The molecule has 0 aromatic heterocycles. The first kappa shape index (κ1) is 8.66. The number of halogens is 1. The molecular weight excluding hydrogens is 220 g/mol. The largest absolute Gasteiger partial charge is 0.240 e. The molecule has 0 aliphatic rings. The van der Waals surface area contributed by atoms with Crippen LogP contribution in [0, 0.1) is 11.3 Å². The van der Waals surface area contributed by atoms with E-state index in [1.165, 1.54) is 6.08 Å². The summed E-state index contributed by atoms with van der Waals surface area (Å²) in [6.07, 6.45) is 1.39. The predicted octanol–water partition coefficient (Wildman–Crippen LogP) is 2.29. The highest BCUT2D eigenvalue weighted by atomic mass is 79.9. The summed E-state index contributed by atoms with van der Waals surface area (Å²) in [6, 6.07) is 6.91. The Morgan fingerprint density at radius 2 is 2.25 bits per heavy atom. The van der Waals surface area contributed by atoms with Gasteiger partial charge in [0.2, 0.25) is 6.08 Å². The van der Waals surface area contributed by atoms with Crippen LogP contribution < -0.4 is 0 Å². The lowest BCUT2D eigenvalue weighted by Crippen LogP contribution is -1.77. The third-order valence-electron chi connectivity index (χ3n) is 1.27. The van der Waals surface area contributed by atoms with E-state index < -0.39 is 0 Å². The number of nitrogens with zero attached hydrogens (tertiary/aromatic N) is 2. The molecule has 0 fully saturated rings. The molecule has 1 rings (SSSR count). The molecule has 0 atom stereocenters. The molecule has 1 aromatic rings. The van der Waals surface area contributed by atoms with Gasteiger partial charge in [-0.05, 0) is 28.1 Å². The van der Waals surface area contributed by atoms with E-state index in [1.54, 1.807) is 18.2 Å². The molecule has 0 amide bonds. The molecule has 0 radical (unpaired) electrons. The molecule has 3 nitrogen and oxygen atoms in total. The fraction of sp³-hybridized carbons (Fsp3) is 0. The number of rotatable bonds is 1. The van der Waals surface area contributed by atoms with Crippen molar-refractivity contribution in [1.29, 1.82) is 5.26 Å². The molecule has 0 aliphatic heterocycles. The highest BCUT2D eigenvalue weighted by molar-refractivity contribution is 9.10. The smallest absolute Gasteiger partial charge is 0.211 e. The van der Waals surface area contributed by atoms with Gasteiger partial charge in [0.05, 0.1) is 11.3 Å². The summed E-state index contributed by atoms with van der Waals surface area (Å²) >= 11 is 3.16. The average Bonchev–Trinajstić information content (AvgIpc) is 2.05. The Balaban J connectivity index is 3.39. The number of hydrogen-bond acceptors (Lipinski definition) is 3. The van der Waals surface area contributed by atoms with Crippen molar-refractivity contribution in [2.45, 2.75) is 0 Å². The molecule has 0 heterocycles. The summed E-state index contributed by atoms with van der Waals surface area (Å²) < 4.78 is 0.626. The van der Waals surface area contributed by atoms with Gasteiger partial charge in [0, 0.05) is 4.47 Å². The molecule has 0 saturated heterocycles. The number of carbonyl (C=O) groups excluding carboxylic acids is 1. The van der Waals surface area contributed by atoms with Gasteiger partial charge < -0.3 is 0 Å². The van der Waals surface area contributed by atoms with Crippen LogP contribution in [0.4, 0.5) is 5.69 Å². The first-order valence-electron chi connectivity index (χ1n) is 3.06. The Labute approximate surface area is 77.5 Å². The number of nitriles is 1. The minimum atomic E-state index is 0.335. The minimum absolute atomic E-state index is 0.335. The van der Waals surface area contributed by atoms with Crippen molar-refractivity contribution in [3.05, 3.63) is 28.2 Å². The van der Waals surface area contributed by atoms with Gasteiger partial charge in [-0.25, -0.2) is 4.79 Å². The number of benzene rings is 1. The van der Waals surface area contributed by atoms with E-state index in [1.807, 2.05) is 6.07 Å². The molecule has 12 heavy (non-hydrogen) atoms. The average molecular weight is 223 g/mol. The van der Waals surface area contributed by atoms with Crippen LogP contribution in [-0.2, 0) is 4.79 Å². The van der Waals surface area contributed by atoms with Crippen molar-refractivity contribution in [2.24, 2.45) is 4.99 Å². The fourth-order valence-corrected chi connectivity index (χ4v) is 1.21. The topological polar surface area (TPSA) is 53.2 Å². The molecule has 0 N–H and O–H groups in total. The number of isocyanates is 1. The van der Waals surface area contributed by atoms with Crippen molar-refractivity contribution in [2.75, 3.05) is 0 Å². The van der Waals surface area contributed by atoms with Crippen LogP contribution in [0.15, 0.2) is 27.7 Å². The molecule has 1 aromatic carbocycles. The third-order valence-corrected chi connectivity index (χ3v) is 1.93. The van der Waals surface area contributed by atoms with Crippen molar-refractivity contribution in [3.8, 4) is 6.07 Å². The van der Waals surface area contributed by atoms with Crippen molar-refractivity contribution < 1.29 is 4.79 Å². The Morgan fingerprint density at radius 3 is 2.83 bits per heavy atom. The number of aliphatic imine (C=N–C) groups is 1. The Kier molecular flexibility index (Phi) is 2.76. The zero-order chi connectivity index (χ0) is 8.97. The lowest BCUT2D eigenvalue weighted by Gasteiger charge is -1.95. The second-order valence-corrected chi connectivity index (χ2v) is 2.80. The maximum atomic E-state index is 9.94. The van der Waals surface area contributed by atoms with Gasteiger partial charge in [0.15, 0.2) is 0 Å². The molecule has 0 saturated carbocycles. The second kappa shape index (κ2) is 3.82. The van der Waals surface area contributed by atoms with Gasteiger partial charge in [-0.1, -0.05) is 6.07 Å². The Hall–Kier alpha value is -1.43. The minimum Gasteiger partial charge on any atom is -0.211 e. The van der Waals surface area contributed by atoms with Gasteiger partial charge in [-0.3, -0.25) is 0 Å². The summed E-state index contributed by atoms with van der Waals surface area (Å²) in [5, 5.41) is 8.66. The lowest BCUT2D eigenvalue weighted by atomic mass is 10.2. The second-order valence-electron chi connectivity index (χ2n) is 1.95. The summed E-state index contributed by atoms with van der Waals surface area (Å²) in [5.41, 5.74) is 0.683. The summed E-state index contributed by atoms with van der Waals surface area (Å²) in [4.78, 5) is 13.3. The van der Waals surface area contributed by atoms with Crippen LogP contribution in [0.2, 0.25) is 0 Å². The van der Waals surface area contributed by atoms with Gasteiger partial charge in [-0.15, -0.1) is 0 Å². The van der Waals surface area contributed by atoms with E-state index in [9.17, 15) is 4.79 Å². The first-order chi connectivity index (χ1) is 5.79. The molecular formula is C8H3BrN2O. The van der Waals surface area contributed by atoms with E-state index in [0.717, 1.165) is 0 Å². The normalized spacial score (nSPS) is 8.33. The van der Waals surface area contributed by atoms with Crippen LogP contribution in [0.5, 0.6) is 0 Å². The maximum absolute atomic E-state index is 9.94. The highest BCUT2D eigenvalue weighted by Crippen LogP contribution is 2.25. The summed E-state index contributed by atoms with van der Waals surface area (Å²) in [7, 11) is 0. The Bertz CT molecular complexity index is 389. The van der Waals surface area contributed by atoms with Gasteiger partial charge in [0.25, 0.3) is 0 Å². The van der Waals surface area contributed by atoms with Crippen LogP contribution in [-0.4, -0.2) is 6.08 Å². The lowest BCUT2D eigenvalue weighted by molar-refractivity contribution is 0.565. The summed E-state index contributed by atoms with van der Waals surface area (Å²) in [6.45, 7) is 0. The molecule has 0 aliphatic carbocycles. The molecule has 58 valence electrons. The van der Waals surface area contributed by atoms with Crippen molar-refractivity contribution in [3.63, 3.8) is 0 Å². The fourth-order valence-electron chi connectivity index (χ4n) is 0.766. The molecule has 0 bridgehead atoms. The standard InChI is InChI=1S/C8H3BrN2O/c9-7-2-1-3-8(11-5-12)6(7)4-10/h1-3H. The van der Waals surface area contributed by atoms with Gasteiger partial charge >= 0.3 is 0 Å². The van der Waals surface area contributed by atoms with Crippen LogP contribution in [0.1, 0.15) is 5.56 Å². The zero-order valence-electron chi connectivity index (χ0n) is 5.91. The zero-order valence-corrected chi connectivity index (χ0v) is 7.50.